The molecule has 2 rings (SSSR count). The molecular formula is C11H6BrFOS. The van der Waals surface area contributed by atoms with E-state index in [0.717, 1.165) is 15.6 Å². The largest absolute Gasteiger partial charge is 0.298 e. The molecule has 0 spiro atoms. The molecule has 1 nitrogen and oxygen atoms in total. The number of aldehydes is 1. The highest BCUT2D eigenvalue weighted by Crippen LogP contribution is 2.33. The topological polar surface area (TPSA) is 17.1 Å². The van der Waals surface area contributed by atoms with Gasteiger partial charge in [0.25, 0.3) is 0 Å². The van der Waals surface area contributed by atoms with Gasteiger partial charge < -0.3 is 0 Å². The van der Waals surface area contributed by atoms with Gasteiger partial charge in [-0.3, -0.25) is 4.79 Å². The van der Waals surface area contributed by atoms with Crippen LogP contribution in [0.1, 0.15) is 10.4 Å². The SMILES string of the molecule is O=Cc1cc(F)ccc1-c1cscc1Br. The predicted molar refractivity (Wildman–Crippen MR) is 62.8 cm³/mol. The Balaban J connectivity index is 2.63. The summed E-state index contributed by atoms with van der Waals surface area (Å²) in [7, 11) is 0. The Labute approximate surface area is 98.7 Å². The fourth-order valence-corrected chi connectivity index (χ4v) is 2.86. The molecule has 0 fully saturated rings. The molecule has 0 saturated heterocycles. The number of carbonyl (C=O) groups excluding carboxylic acids is 1. The molecule has 0 unspecified atom stereocenters. The summed E-state index contributed by atoms with van der Waals surface area (Å²) < 4.78 is 13.8. The van der Waals surface area contributed by atoms with E-state index >= 15 is 0 Å². The summed E-state index contributed by atoms with van der Waals surface area (Å²) in [6.07, 6.45) is 0.669. The van der Waals surface area contributed by atoms with Crippen molar-refractivity contribution >= 4 is 33.6 Å². The zero-order valence-electron chi connectivity index (χ0n) is 7.54. The van der Waals surface area contributed by atoms with Gasteiger partial charge in [0.05, 0.1) is 0 Å². The van der Waals surface area contributed by atoms with E-state index in [-0.39, 0.29) is 0 Å². The molecular weight excluding hydrogens is 279 g/mol. The molecule has 0 aliphatic rings. The lowest BCUT2D eigenvalue weighted by Gasteiger charge is -2.03. The highest BCUT2D eigenvalue weighted by atomic mass is 79.9. The van der Waals surface area contributed by atoms with Crippen LogP contribution < -0.4 is 0 Å². The first-order chi connectivity index (χ1) is 7.22. The van der Waals surface area contributed by atoms with E-state index < -0.39 is 5.82 Å². The van der Waals surface area contributed by atoms with Crippen molar-refractivity contribution in [3.63, 3.8) is 0 Å². The molecule has 15 heavy (non-hydrogen) atoms. The Bertz CT molecular complexity index is 507. The second-order valence-corrected chi connectivity index (χ2v) is 4.58. The lowest BCUT2D eigenvalue weighted by Crippen LogP contribution is -1.88. The van der Waals surface area contributed by atoms with Gasteiger partial charge in [0, 0.05) is 21.0 Å². The first-order valence-electron chi connectivity index (χ1n) is 4.19. The van der Waals surface area contributed by atoms with Gasteiger partial charge in [-0.1, -0.05) is 6.07 Å². The quantitative estimate of drug-likeness (QED) is 0.758. The van der Waals surface area contributed by atoms with Gasteiger partial charge in [0.15, 0.2) is 6.29 Å². The number of halogens is 2. The van der Waals surface area contributed by atoms with Gasteiger partial charge in [-0.2, -0.15) is 11.3 Å². The van der Waals surface area contributed by atoms with Crippen molar-refractivity contribution in [2.75, 3.05) is 0 Å². The van der Waals surface area contributed by atoms with Crippen LogP contribution in [0, 0.1) is 5.82 Å². The van der Waals surface area contributed by atoms with Crippen LogP contribution in [0.2, 0.25) is 0 Å². The molecule has 0 N–H and O–H groups in total. The van der Waals surface area contributed by atoms with E-state index in [1.807, 2.05) is 10.8 Å². The lowest BCUT2D eigenvalue weighted by atomic mass is 10.0. The average Bonchev–Trinajstić information content (AvgIpc) is 2.64. The summed E-state index contributed by atoms with van der Waals surface area (Å²) in [6, 6.07) is 4.21. The van der Waals surface area contributed by atoms with E-state index in [1.54, 1.807) is 6.07 Å². The summed E-state index contributed by atoms with van der Waals surface area (Å²) in [6.45, 7) is 0. The number of hydrogen-bond donors (Lipinski definition) is 0. The average molecular weight is 285 g/mol. The molecule has 4 heteroatoms. The van der Waals surface area contributed by atoms with E-state index in [2.05, 4.69) is 15.9 Å². The minimum atomic E-state index is -0.396. The van der Waals surface area contributed by atoms with Gasteiger partial charge in [-0.05, 0) is 39.0 Å². The van der Waals surface area contributed by atoms with Crippen molar-refractivity contribution in [1.82, 2.24) is 0 Å². The summed E-state index contributed by atoms with van der Waals surface area (Å²) in [4.78, 5) is 10.8. The van der Waals surface area contributed by atoms with Gasteiger partial charge in [-0.25, -0.2) is 4.39 Å². The number of benzene rings is 1. The predicted octanol–water partition coefficient (Wildman–Crippen LogP) is 4.13. The van der Waals surface area contributed by atoms with Crippen LogP contribution in [0.5, 0.6) is 0 Å². The molecule has 0 atom stereocenters. The van der Waals surface area contributed by atoms with Crippen LogP contribution in [0.25, 0.3) is 11.1 Å². The Morgan fingerprint density at radius 3 is 2.67 bits per heavy atom. The van der Waals surface area contributed by atoms with E-state index in [4.69, 9.17) is 0 Å². The monoisotopic (exact) mass is 284 g/mol. The standard InChI is InChI=1S/C11H6BrFOS/c12-11-6-15-5-10(11)9-2-1-8(13)3-7(9)4-14/h1-6H. The molecule has 76 valence electrons. The van der Waals surface area contributed by atoms with Crippen LogP contribution in [0.3, 0.4) is 0 Å². The molecule has 1 heterocycles. The lowest BCUT2D eigenvalue weighted by molar-refractivity contribution is 0.112. The molecule has 0 aliphatic heterocycles. The number of carbonyl (C=O) groups is 1. The molecule has 0 radical (unpaired) electrons. The summed E-state index contributed by atoms with van der Waals surface area (Å²) in [5.41, 5.74) is 2.04. The zero-order chi connectivity index (χ0) is 10.8. The Morgan fingerprint density at radius 2 is 2.07 bits per heavy atom. The number of hydrogen-bond acceptors (Lipinski definition) is 2. The van der Waals surface area contributed by atoms with E-state index in [0.29, 0.717) is 11.8 Å². The van der Waals surface area contributed by atoms with Crippen molar-refractivity contribution in [3.05, 3.63) is 44.8 Å². The number of thiophene rings is 1. The molecule has 0 bridgehead atoms. The summed E-state index contributed by atoms with van der Waals surface area (Å²) in [5, 5.41) is 3.84. The summed E-state index contributed by atoms with van der Waals surface area (Å²) in [5.74, 6) is -0.396. The summed E-state index contributed by atoms with van der Waals surface area (Å²) >= 11 is 4.91. The first-order valence-corrected chi connectivity index (χ1v) is 5.92. The number of rotatable bonds is 2. The Kier molecular flexibility index (Phi) is 2.98. The highest BCUT2D eigenvalue weighted by Gasteiger charge is 2.09. The van der Waals surface area contributed by atoms with Gasteiger partial charge in [-0.15, -0.1) is 0 Å². The molecule has 1 aromatic heterocycles. The fraction of sp³-hybridized carbons (Fsp3) is 0. The van der Waals surface area contributed by atoms with Crippen molar-refractivity contribution < 1.29 is 9.18 Å². The molecule has 1 aromatic carbocycles. The van der Waals surface area contributed by atoms with E-state index in [1.165, 1.54) is 23.5 Å². The molecule has 2 aromatic rings. The van der Waals surface area contributed by atoms with Crippen molar-refractivity contribution in [3.8, 4) is 11.1 Å². The maximum atomic E-state index is 12.9. The minimum Gasteiger partial charge on any atom is -0.298 e. The molecule has 0 saturated carbocycles. The van der Waals surface area contributed by atoms with Crippen molar-refractivity contribution in [2.24, 2.45) is 0 Å². The second kappa shape index (κ2) is 4.24. The van der Waals surface area contributed by atoms with Crippen LogP contribution in [-0.4, -0.2) is 6.29 Å². The smallest absolute Gasteiger partial charge is 0.150 e. The third kappa shape index (κ3) is 2.01. The van der Waals surface area contributed by atoms with Crippen LogP contribution in [0.4, 0.5) is 4.39 Å². The van der Waals surface area contributed by atoms with Crippen LogP contribution in [-0.2, 0) is 0 Å². The van der Waals surface area contributed by atoms with Crippen molar-refractivity contribution in [1.29, 1.82) is 0 Å². The maximum Gasteiger partial charge on any atom is 0.150 e. The normalized spacial score (nSPS) is 10.3. The third-order valence-electron chi connectivity index (χ3n) is 2.05. The highest BCUT2D eigenvalue weighted by molar-refractivity contribution is 9.10. The second-order valence-electron chi connectivity index (χ2n) is 2.98. The molecule has 0 amide bonds. The Hall–Kier alpha value is -1.00. The van der Waals surface area contributed by atoms with Crippen molar-refractivity contribution in [2.45, 2.75) is 0 Å². The fourth-order valence-electron chi connectivity index (χ4n) is 1.35. The molecule has 0 aliphatic carbocycles. The minimum absolute atomic E-state index is 0.370. The van der Waals surface area contributed by atoms with Gasteiger partial charge in [0.2, 0.25) is 0 Å². The van der Waals surface area contributed by atoms with Crippen LogP contribution in [0.15, 0.2) is 33.4 Å². The van der Waals surface area contributed by atoms with Gasteiger partial charge in [0.1, 0.15) is 5.82 Å². The van der Waals surface area contributed by atoms with Gasteiger partial charge >= 0.3 is 0 Å². The van der Waals surface area contributed by atoms with Crippen LogP contribution >= 0.6 is 27.3 Å². The first kappa shape index (κ1) is 10.5. The Morgan fingerprint density at radius 1 is 1.27 bits per heavy atom. The zero-order valence-corrected chi connectivity index (χ0v) is 9.94. The third-order valence-corrected chi connectivity index (χ3v) is 3.75. The maximum absolute atomic E-state index is 12.9. The van der Waals surface area contributed by atoms with E-state index in [9.17, 15) is 9.18 Å².